The summed E-state index contributed by atoms with van der Waals surface area (Å²) in [5.74, 6) is 0.0824. The maximum Gasteiger partial charge on any atom is 0.410 e. The molecule has 2 saturated heterocycles. The Morgan fingerprint density at radius 2 is 2.04 bits per heavy atom. The van der Waals surface area contributed by atoms with Gasteiger partial charge in [-0.2, -0.15) is 5.26 Å². The van der Waals surface area contributed by atoms with Crippen molar-refractivity contribution in [2.24, 2.45) is 0 Å². The number of pyridine rings is 1. The minimum Gasteiger partial charge on any atom is -0.462 e. The van der Waals surface area contributed by atoms with Crippen molar-refractivity contribution in [2.75, 3.05) is 24.6 Å². The second-order valence-electron chi connectivity index (χ2n) is 8.15. The zero-order chi connectivity index (χ0) is 20.6. The molecule has 1 aromatic rings. The molecule has 2 fully saturated rings. The Morgan fingerprint density at radius 1 is 1.32 bits per heavy atom. The Hall–Kier alpha value is -2.82. The second-order valence-corrected chi connectivity index (χ2v) is 8.15. The molecule has 8 nitrogen and oxygen atoms in total. The summed E-state index contributed by atoms with van der Waals surface area (Å²) in [5, 5.41) is 9.59. The van der Waals surface area contributed by atoms with Crippen molar-refractivity contribution in [2.45, 2.75) is 58.7 Å². The van der Waals surface area contributed by atoms with Gasteiger partial charge in [0.15, 0.2) is 0 Å². The largest absolute Gasteiger partial charge is 0.462 e. The van der Waals surface area contributed by atoms with Gasteiger partial charge in [-0.15, -0.1) is 0 Å². The standard InChI is InChI=1S/C20H26N4O4/c1-6-27-18(25)16-7-13(9-21)17(22-12(16)2)23-10-15-8-14(23)11-24(15)19(26)28-20(3,4)5/h7,14-15H,6,8,10-11H2,1-5H3. The summed E-state index contributed by atoms with van der Waals surface area (Å²) in [7, 11) is 0. The molecule has 150 valence electrons. The van der Waals surface area contributed by atoms with Crippen LogP contribution in [-0.2, 0) is 9.47 Å². The molecular weight excluding hydrogens is 360 g/mol. The number of rotatable bonds is 3. The zero-order valence-electron chi connectivity index (χ0n) is 17.0. The van der Waals surface area contributed by atoms with Gasteiger partial charge >= 0.3 is 12.1 Å². The minimum atomic E-state index is -0.534. The van der Waals surface area contributed by atoms with Crippen molar-refractivity contribution >= 4 is 17.9 Å². The Labute approximate surface area is 165 Å². The maximum absolute atomic E-state index is 12.4. The highest BCUT2D eigenvalue weighted by Gasteiger charge is 2.47. The molecule has 0 radical (unpaired) electrons. The average Bonchev–Trinajstić information content (AvgIpc) is 3.20. The lowest BCUT2D eigenvalue weighted by molar-refractivity contribution is 0.0214. The molecular formula is C20H26N4O4. The van der Waals surface area contributed by atoms with E-state index in [4.69, 9.17) is 9.47 Å². The molecule has 2 atom stereocenters. The normalized spacial score (nSPS) is 20.9. The smallest absolute Gasteiger partial charge is 0.410 e. The molecule has 2 aliphatic heterocycles. The van der Waals surface area contributed by atoms with Gasteiger partial charge in [0.2, 0.25) is 0 Å². The van der Waals surface area contributed by atoms with Crippen LogP contribution >= 0.6 is 0 Å². The summed E-state index contributed by atoms with van der Waals surface area (Å²) < 4.78 is 10.5. The fourth-order valence-electron chi connectivity index (χ4n) is 3.78. The van der Waals surface area contributed by atoms with E-state index in [1.54, 1.807) is 24.8 Å². The fourth-order valence-corrected chi connectivity index (χ4v) is 3.78. The molecule has 0 spiro atoms. The number of amides is 1. The molecule has 1 aromatic heterocycles. The van der Waals surface area contributed by atoms with Crippen molar-refractivity contribution in [1.29, 1.82) is 5.26 Å². The van der Waals surface area contributed by atoms with E-state index < -0.39 is 11.6 Å². The van der Waals surface area contributed by atoms with E-state index in [0.29, 0.717) is 35.7 Å². The maximum atomic E-state index is 12.4. The third-order valence-corrected chi connectivity index (χ3v) is 4.95. The molecule has 2 aliphatic rings. The van der Waals surface area contributed by atoms with Gasteiger partial charge in [0, 0.05) is 13.1 Å². The van der Waals surface area contributed by atoms with Crippen LogP contribution in [0.5, 0.6) is 0 Å². The van der Waals surface area contributed by atoms with Gasteiger partial charge in [0.25, 0.3) is 0 Å². The number of fused-ring (bicyclic) bond motifs is 2. The molecule has 2 bridgehead atoms. The Kier molecular flexibility index (Phi) is 5.20. The second kappa shape index (κ2) is 7.30. The predicted molar refractivity (Wildman–Crippen MR) is 102 cm³/mol. The van der Waals surface area contributed by atoms with E-state index in [-0.39, 0.29) is 24.8 Å². The van der Waals surface area contributed by atoms with Gasteiger partial charge in [0.1, 0.15) is 17.5 Å². The molecule has 1 amide bonds. The number of hydrogen-bond acceptors (Lipinski definition) is 7. The number of aromatic nitrogens is 1. The van der Waals surface area contributed by atoms with Crippen LogP contribution in [0, 0.1) is 18.3 Å². The first-order valence-electron chi connectivity index (χ1n) is 9.49. The summed E-state index contributed by atoms with van der Waals surface area (Å²) in [4.78, 5) is 32.9. The minimum absolute atomic E-state index is 0.0261. The van der Waals surface area contributed by atoms with Gasteiger partial charge in [-0.3, -0.25) is 0 Å². The Balaban J connectivity index is 1.80. The molecule has 28 heavy (non-hydrogen) atoms. The summed E-state index contributed by atoms with van der Waals surface area (Å²) in [6, 6.07) is 3.79. The summed E-state index contributed by atoms with van der Waals surface area (Å²) >= 11 is 0. The number of ether oxygens (including phenoxy) is 2. The number of carbonyl (C=O) groups excluding carboxylic acids is 2. The highest BCUT2D eigenvalue weighted by molar-refractivity contribution is 5.91. The number of piperazine rings is 1. The summed E-state index contributed by atoms with van der Waals surface area (Å²) in [6.07, 6.45) is 0.506. The van der Waals surface area contributed by atoms with Crippen molar-refractivity contribution in [3.8, 4) is 6.07 Å². The highest BCUT2D eigenvalue weighted by atomic mass is 16.6. The average molecular weight is 386 g/mol. The van der Waals surface area contributed by atoms with Crippen molar-refractivity contribution in [3.05, 3.63) is 22.9 Å². The summed E-state index contributed by atoms with van der Waals surface area (Å²) in [5.41, 5.74) is 0.639. The first-order chi connectivity index (χ1) is 13.1. The third-order valence-electron chi connectivity index (χ3n) is 4.95. The molecule has 3 heterocycles. The van der Waals surface area contributed by atoms with E-state index in [9.17, 15) is 14.9 Å². The van der Waals surface area contributed by atoms with Crippen molar-refractivity contribution in [3.63, 3.8) is 0 Å². The number of anilines is 1. The molecule has 0 N–H and O–H groups in total. The molecule has 0 saturated carbocycles. The van der Waals surface area contributed by atoms with Crippen LogP contribution in [0.4, 0.5) is 10.6 Å². The lowest BCUT2D eigenvalue weighted by Gasteiger charge is -2.36. The predicted octanol–water partition coefficient (Wildman–Crippen LogP) is 2.64. The topological polar surface area (TPSA) is 95.8 Å². The van der Waals surface area contributed by atoms with Gasteiger partial charge < -0.3 is 19.3 Å². The van der Waals surface area contributed by atoms with Crippen LogP contribution < -0.4 is 4.90 Å². The van der Waals surface area contributed by atoms with Crippen LogP contribution in [0.2, 0.25) is 0 Å². The first-order valence-corrected chi connectivity index (χ1v) is 9.49. The SMILES string of the molecule is CCOC(=O)c1cc(C#N)c(N2CC3CC2CN3C(=O)OC(C)(C)C)nc1C. The van der Waals surface area contributed by atoms with E-state index >= 15 is 0 Å². The van der Waals surface area contributed by atoms with Gasteiger partial charge in [-0.05, 0) is 47.1 Å². The van der Waals surface area contributed by atoms with Crippen LogP contribution in [0.15, 0.2) is 6.07 Å². The number of esters is 1. The quantitative estimate of drug-likeness (QED) is 0.737. The van der Waals surface area contributed by atoms with Crippen LogP contribution in [-0.4, -0.2) is 59.3 Å². The van der Waals surface area contributed by atoms with Gasteiger partial charge in [-0.1, -0.05) is 0 Å². The monoisotopic (exact) mass is 386 g/mol. The van der Waals surface area contributed by atoms with Crippen LogP contribution in [0.25, 0.3) is 0 Å². The molecule has 2 unspecified atom stereocenters. The van der Waals surface area contributed by atoms with Crippen molar-refractivity contribution in [1.82, 2.24) is 9.88 Å². The van der Waals surface area contributed by atoms with E-state index in [2.05, 4.69) is 16.0 Å². The number of likely N-dealkylation sites (tertiary alicyclic amines) is 1. The summed E-state index contributed by atoms with van der Waals surface area (Å²) in [6.45, 7) is 10.4. The molecule has 0 aliphatic carbocycles. The third kappa shape index (κ3) is 3.75. The molecule has 0 aromatic carbocycles. The lowest BCUT2D eigenvalue weighted by Crippen LogP contribution is -2.50. The molecule has 3 rings (SSSR count). The number of aryl methyl sites for hydroxylation is 1. The van der Waals surface area contributed by atoms with Gasteiger partial charge in [0.05, 0.1) is 35.5 Å². The van der Waals surface area contributed by atoms with E-state index in [0.717, 1.165) is 6.42 Å². The van der Waals surface area contributed by atoms with Crippen molar-refractivity contribution < 1.29 is 19.1 Å². The van der Waals surface area contributed by atoms with Crippen LogP contribution in [0.1, 0.15) is 55.7 Å². The number of nitrogens with zero attached hydrogens (tertiary/aromatic N) is 4. The number of carbonyl (C=O) groups is 2. The fraction of sp³-hybridized carbons (Fsp3) is 0.600. The van der Waals surface area contributed by atoms with E-state index in [1.807, 2.05) is 20.8 Å². The lowest BCUT2D eigenvalue weighted by atomic mass is 10.1. The molecule has 8 heteroatoms. The van der Waals surface area contributed by atoms with Gasteiger partial charge in [-0.25, -0.2) is 14.6 Å². The van der Waals surface area contributed by atoms with Crippen LogP contribution in [0.3, 0.4) is 0 Å². The Bertz CT molecular complexity index is 840. The Morgan fingerprint density at radius 3 is 2.57 bits per heavy atom. The zero-order valence-corrected chi connectivity index (χ0v) is 17.0. The first kappa shape index (κ1) is 19.9. The number of nitriles is 1. The van der Waals surface area contributed by atoms with E-state index in [1.165, 1.54) is 0 Å². The highest BCUT2D eigenvalue weighted by Crippen LogP contribution is 2.36. The number of hydrogen-bond donors (Lipinski definition) is 0.